The zero-order valence-corrected chi connectivity index (χ0v) is 21.4. The van der Waals surface area contributed by atoms with Crippen LogP contribution in [-0.4, -0.2) is 47.8 Å². The lowest BCUT2D eigenvalue weighted by Crippen LogP contribution is -2.47. The van der Waals surface area contributed by atoms with Crippen molar-refractivity contribution in [3.8, 4) is 11.1 Å². The molecule has 1 aliphatic carbocycles. The third-order valence-electron chi connectivity index (χ3n) is 6.70. The van der Waals surface area contributed by atoms with E-state index in [4.69, 9.17) is 9.82 Å². The van der Waals surface area contributed by atoms with Gasteiger partial charge in [-0.15, -0.1) is 0 Å². The summed E-state index contributed by atoms with van der Waals surface area (Å²) in [5.74, 6) is 1.48. The van der Waals surface area contributed by atoms with Crippen molar-refractivity contribution < 1.29 is 9.63 Å². The lowest BCUT2D eigenvalue weighted by Gasteiger charge is -2.37. The van der Waals surface area contributed by atoms with Gasteiger partial charge in [0.25, 0.3) is 0 Å². The van der Waals surface area contributed by atoms with Crippen LogP contribution in [0.1, 0.15) is 24.5 Å². The van der Waals surface area contributed by atoms with E-state index in [2.05, 4.69) is 48.0 Å². The summed E-state index contributed by atoms with van der Waals surface area (Å²) in [6.45, 7) is 5.00. The summed E-state index contributed by atoms with van der Waals surface area (Å²) in [5, 5.41) is 5.43. The van der Waals surface area contributed by atoms with Gasteiger partial charge < -0.3 is 14.6 Å². The highest BCUT2D eigenvalue weighted by Gasteiger charge is 2.34. The van der Waals surface area contributed by atoms with E-state index in [9.17, 15) is 4.79 Å². The molecule has 0 radical (unpaired) electrons. The second-order valence-corrected chi connectivity index (χ2v) is 9.73. The molecule has 2 aliphatic rings. The van der Waals surface area contributed by atoms with Crippen LogP contribution in [0.25, 0.3) is 22.0 Å². The maximum atomic E-state index is 12.0. The highest BCUT2D eigenvalue weighted by Crippen LogP contribution is 2.45. The number of hydrogen-bond acceptors (Lipinski definition) is 7. The van der Waals surface area contributed by atoms with Crippen LogP contribution < -0.4 is 9.80 Å². The van der Waals surface area contributed by atoms with Gasteiger partial charge in [0, 0.05) is 59.8 Å². The number of rotatable bonds is 4. The van der Waals surface area contributed by atoms with Gasteiger partial charge in [0.1, 0.15) is 17.3 Å². The number of carbonyl (C=O) groups excluding carboxylic acids is 1. The standard InChI is InChI=1S/C28H24BrN5O2/c1-2-24(35)36-32-27-20-8-4-3-7-19(20)25-21-17-18(29)10-11-22(21)31-28(26(25)27)34-15-13-33(14-16-34)23-9-5-6-12-30-23/h3-12,17H,2,13-16H2,1H3/b32-27+. The van der Waals surface area contributed by atoms with E-state index in [-0.39, 0.29) is 12.4 Å². The van der Waals surface area contributed by atoms with E-state index >= 15 is 0 Å². The molecule has 0 amide bonds. The summed E-state index contributed by atoms with van der Waals surface area (Å²) >= 11 is 3.63. The first-order valence-corrected chi connectivity index (χ1v) is 12.9. The van der Waals surface area contributed by atoms with E-state index in [0.29, 0.717) is 5.71 Å². The van der Waals surface area contributed by atoms with Crippen LogP contribution in [0.4, 0.5) is 11.6 Å². The normalized spacial score (nSPS) is 15.8. The number of fused-ring (bicyclic) bond motifs is 5. The predicted octanol–water partition coefficient (Wildman–Crippen LogP) is 5.40. The first-order chi connectivity index (χ1) is 17.6. The minimum absolute atomic E-state index is 0.260. The minimum Gasteiger partial charge on any atom is -0.353 e. The topological polar surface area (TPSA) is 70.9 Å². The van der Waals surface area contributed by atoms with Crippen LogP contribution in [0.15, 0.2) is 76.5 Å². The second kappa shape index (κ2) is 9.35. The largest absolute Gasteiger partial charge is 0.353 e. The number of carbonyl (C=O) groups is 1. The summed E-state index contributed by atoms with van der Waals surface area (Å²) in [4.78, 5) is 31.6. The van der Waals surface area contributed by atoms with E-state index in [0.717, 1.165) is 75.4 Å². The molecule has 2 aromatic carbocycles. The summed E-state index contributed by atoms with van der Waals surface area (Å²) in [7, 11) is 0. The SMILES string of the molecule is CCC(=O)O/N=C1\c2ccccc2-c2c1c(N1CCN(c3ccccn3)CC1)nc1ccc(Br)cc21. The average molecular weight is 542 g/mol. The Bertz CT molecular complexity index is 1500. The molecule has 0 unspecified atom stereocenters. The Kier molecular flexibility index (Phi) is 5.89. The lowest BCUT2D eigenvalue weighted by molar-refractivity contribution is -0.143. The third kappa shape index (κ3) is 3.91. The fourth-order valence-corrected chi connectivity index (χ4v) is 5.30. The Labute approximate surface area is 217 Å². The molecular formula is C28H24BrN5O2. The lowest BCUT2D eigenvalue weighted by atomic mass is 10.0. The maximum absolute atomic E-state index is 12.0. The van der Waals surface area contributed by atoms with Gasteiger partial charge in [0.15, 0.2) is 0 Å². The molecule has 1 saturated heterocycles. The van der Waals surface area contributed by atoms with Gasteiger partial charge in [0.2, 0.25) is 0 Å². The third-order valence-corrected chi connectivity index (χ3v) is 7.19. The fourth-order valence-electron chi connectivity index (χ4n) is 4.94. The number of anilines is 2. The fraction of sp³-hybridized carbons (Fsp3) is 0.214. The number of pyridine rings is 2. The minimum atomic E-state index is -0.365. The summed E-state index contributed by atoms with van der Waals surface area (Å²) < 4.78 is 0.982. The number of oxime groups is 1. The number of hydrogen-bond donors (Lipinski definition) is 0. The molecule has 1 aliphatic heterocycles. The average Bonchev–Trinajstić information content (AvgIpc) is 3.26. The summed E-state index contributed by atoms with van der Waals surface area (Å²) in [6, 6.07) is 20.3. The molecule has 180 valence electrons. The van der Waals surface area contributed by atoms with E-state index < -0.39 is 0 Å². The monoisotopic (exact) mass is 541 g/mol. The van der Waals surface area contributed by atoms with Crippen molar-refractivity contribution in [3.05, 3.63) is 82.5 Å². The van der Waals surface area contributed by atoms with Gasteiger partial charge in [-0.3, -0.25) is 0 Å². The maximum Gasteiger partial charge on any atom is 0.334 e. The van der Waals surface area contributed by atoms with Crippen molar-refractivity contribution in [2.75, 3.05) is 36.0 Å². The zero-order chi connectivity index (χ0) is 24.6. The molecule has 1 fully saturated rings. The Balaban J connectivity index is 1.49. The number of aromatic nitrogens is 2. The van der Waals surface area contributed by atoms with Crippen molar-refractivity contribution in [2.45, 2.75) is 13.3 Å². The highest BCUT2D eigenvalue weighted by atomic mass is 79.9. The Hall–Kier alpha value is -3.78. The van der Waals surface area contributed by atoms with Crippen molar-refractivity contribution in [1.82, 2.24) is 9.97 Å². The van der Waals surface area contributed by atoms with Crippen molar-refractivity contribution in [2.24, 2.45) is 5.16 Å². The van der Waals surface area contributed by atoms with Crippen LogP contribution in [0, 0.1) is 0 Å². The molecule has 4 aromatic rings. The van der Waals surface area contributed by atoms with Crippen molar-refractivity contribution in [1.29, 1.82) is 0 Å². The molecule has 3 heterocycles. The van der Waals surface area contributed by atoms with Crippen LogP contribution in [0.2, 0.25) is 0 Å². The van der Waals surface area contributed by atoms with Crippen molar-refractivity contribution >= 4 is 50.1 Å². The summed E-state index contributed by atoms with van der Waals surface area (Å²) in [6.07, 6.45) is 2.09. The highest BCUT2D eigenvalue weighted by molar-refractivity contribution is 9.10. The Morgan fingerprint density at radius 1 is 0.972 bits per heavy atom. The smallest absolute Gasteiger partial charge is 0.334 e. The van der Waals surface area contributed by atoms with Crippen LogP contribution in [-0.2, 0) is 9.63 Å². The molecule has 0 saturated carbocycles. The Morgan fingerprint density at radius 3 is 2.47 bits per heavy atom. The van der Waals surface area contributed by atoms with Gasteiger partial charge in [-0.05, 0) is 35.9 Å². The molecule has 0 atom stereocenters. The van der Waals surface area contributed by atoms with Gasteiger partial charge in [-0.25, -0.2) is 14.8 Å². The molecule has 0 N–H and O–H groups in total. The van der Waals surface area contributed by atoms with Crippen LogP contribution >= 0.6 is 15.9 Å². The van der Waals surface area contributed by atoms with Gasteiger partial charge >= 0.3 is 5.97 Å². The van der Waals surface area contributed by atoms with Gasteiger partial charge in [-0.2, -0.15) is 0 Å². The molecule has 2 aromatic heterocycles. The van der Waals surface area contributed by atoms with Gasteiger partial charge in [-0.1, -0.05) is 58.3 Å². The number of nitrogens with zero attached hydrogens (tertiary/aromatic N) is 5. The molecular weight excluding hydrogens is 518 g/mol. The molecule has 36 heavy (non-hydrogen) atoms. The van der Waals surface area contributed by atoms with Gasteiger partial charge in [0.05, 0.1) is 11.1 Å². The first kappa shape index (κ1) is 22.7. The zero-order valence-electron chi connectivity index (χ0n) is 19.8. The predicted molar refractivity (Wildman–Crippen MR) is 146 cm³/mol. The number of benzene rings is 2. The molecule has 8 heteroatoms. The number of piperazine rings is 1. The first-order valence-electron chi connectivity index (χ1n) is 12.1. The van der Waals surface area contributed by atoms with E-state index in [1.54, 1.807) is 6.92 Å². The van der Waals surface area contributed by atoms with Crippen molar-refractivity contribution in [3.63, 3.8) is 0 Å². The van der Waals surface area contributed by atoms with Crippen LogP contribution in [0.5, 0.6) is 0 Å². The Morgan fingerprint density at radius 2 is 1.72 bits per heavy atom. The molecule has 6 rings (SSSR count). The van der Waals surface area contributed by atoms with E-state index in [1.165, 1.54) is 0 Å². The van der Waals surface area contributed by atoms with E-state index in [1.807, 2.05) is 54.7 Å². The number of halogens is 1. The van der Waals surface area contributed by atoms with Crippen LogP contribution in [0.3, 0.4) is 0 Å². The second-order valence-electron chi connectivity index (χ2n) is 8.81. The summed E-state index contributed by atoms with van der Waals surface area (Å²) in [5.41, 5.74) is 5.57. The quantitative estimate of drug-likeness (QED) is 0.224. The molecule has 0 bridgehead atoms. The molecule has 0 spiro atoms. The molecule has 7 nitrogen and oxygen atoms in total.